The molecular weight excluding hydrogens is 238 g/mol. The van der Waals surface area contributed by atoms with Crippen molar-refractivity contribution >= 4 is 21.6 Å². The summed E-state index contributed by atoms with van der Waals surface area (Å²) in [6.07, 6.45) is 0. The number of hydrogen-bond donors (Lipinski definition) is 0. The van der Waals surface area contributed by atoms with Crippen molar-refractivity contribution in [3.8, 4) is 5.75 Å². The van der Waals surface area contributed by atoms with Gasteiger partial charge >= 0.3 is 0 Å². The molecule has 5 heteroatoms. The maximum absolute atomic E-state index is 10.5. The molecule has 1 aromatic rings. The van der Waals surface area contributed by atoms with Gasteiger partial charge in [-0.15, -0.1) is 0 Å². The first-order valence-corrected chi connectivity index (χ1v) is 4.34. The lowest BCUT2D eigenvalue weighted by Gasteiger charge is -2.05. The van der Waals surface area contributed by atoms with Crippen LogP contribution in [0.5, 0.6) is 5.75 Å². The molecular formula is C8H8BrNO3. The number of methoxy groups -OCH3 is 1. The van der Waals surface area contributed by atoms with Crippen LogP contribution in [0, 0.1) is 17.0 Å². The van der Waals surface area contributed by atoms with Crippen LogP contribution in [0.25, 0.3) is 0 Å². The molecule has 0 atom stereocenters. The van der Waals surface area contributed by atoms with Crippen LogP contribution in [0.4, 0.5) is 5.69 Å². The van der Waals surface area contributed by atoms with Crippen LogP contribution in [-0.2, 0) is 0 Å². The van der Waals surface area contributed by atoms with E-state index in [-0.39, 0.29) is 5.69 Å². The first kappa shape index (κ1) is 9.98. The van der Waals surface area contributed by atoms with Crippen molar-refractivity contribution < 1.29 is 9.66 Å². The highest BCUT2D eigenvalue weighted by Crippen LogP contribution is 2.33. The Morgan fingerprint density at radius 2 is 2.15 bits per heavy atom. The minimum Gasteiger partial charge on any atom is -0.496 e. The third-order valence-electron chi connectivity index (χ3n) is 1.73. The minimum atomic E-state index is -0.434. The number of ether oxygens (including phenoxy) is 1. The van der Waals surface area contributed by atoms with Crippen molar-refractivity contribution in [3.05, 3.63) is 32.3 Å². The second kappa shape index (κ2) is 3.74. The average molecular weight is 246 g/mol. The van der Waals surface area contributed by atoms with E-state index in [4.69, 9.17) is 4.74 Å². The molecule has 0 unspecified atom stereocenters. The van der Waals surface area contributed by atoms with Crippen molar-refractivity contribution in [2.24, 2.45) is 0 Å². The SMILES string of the molecule is COc1ccc([N+](=O)[O-])c(Br)c1C. The summed E-state index contributed by atoms with van der Waals surface area (Å²) in [5.41, 5.74) is 0.787. The zero-order valence-corrected chi connectivity index (χ0v) is 8.79. The third-order valence-corrected chi connectivity index (χ3v) is 2.73. The van der Waals surface area contributed by atoms with Crippen LogP contribution in [0.2, 0.25) is 0 Å². The smallest absolute Gasteiger partial charge is 0.284 e. The van der Waals surface area contributed by atoms with E-state index in [0.29, 0.717) is 10.2 Å². The predicted molar refractivity (Wildman–Crippen MR) is 52.1 cm³/mol. The number of nitro benzene ring substituents is 1. The van der Waals surface area contributed by atoms with Crippen LogP contribution in [0.1, 0.15) is 5.56 Å². The topological polar surface area (TPSA) is 52.4 Å². The Kier molecular flexibility index (Phi) is 2.87. The molecule has 0 aliphatic rings. The zero-order chi connectivity index (χ0) is 10.0. The summed E-state index contributed by atoms with van der Waals surface area (Å²) >= 11 is 3.15. The Morgan fingerprint density at radius 1 is 1.54 bits per heavy atom. The van der Waals surface area contributed by atoms with Gasteiger partial charge in [0, 0.05) is 11.6 Å². The molecule has 0 aliphatic heterocycles. The van der Waals surface area contributed by atoms with E-state index in [1.54, 1.807) is 13.0 Å². The van der Waals surface area contributed by atoms with Gasteiger partial charge in [-0.05, 0) is 28.9 Å². The van der Waals surface area contributed by atoms with E-state index in [1.165, 1.54) is 13.2 Å². The van der Waals surface area contributed by atoms with E-state index < -0.39 is 4.92 Å². The lowest BCUT2D eigenvalue weighted by Crippen LogP contribution is -1.93. The molecule has 0 saturated carbocycles. The predicted octanol–water partition coefficient (Wildman–Crippen LogP) is 2.67. The molecule has 70 valence electrons. The molecule has 0 bridgehead atoms. The molecule has 1 rings (SSSR count). The molecule has 13 heavy (non-hydrogen) atoms. The molecule has 1 aromatic carbocycles. The van der Waals surface area contributed by atoms with Crippen molar-refractivity contribution in [1.29, 1.82) is 0 Å². The maximum Gasteiger partial charge on any atom is 0.284 e. The van der Waals surface area contributed by atoms with Gasteiger partial charge in [-0.1, -0.05) is 0 Å². The van der Waals surface area contributed by atoms with E-state index in [9.17, 15) is 10.1 Å². The maximum atomic E-state index is 10.5. The van der Waals surface area contributed by atoms with Gasteiger partial charge in [-0.2, -0.15) is 0 Å². The van der Waals surface area contributed by atoms with E-state index in [0.717, 1.165) is 5.56 Å². The Labute approximate surface area is 83.8 Å². The fourth-order valence-electron chi connectivity index (χ4n) is 1.02. The molecule has 0 aromatic heterocycles. The van der Waals surface area contributed by atoms with Gasteiger partial charge in [-0.25, -0.2) is 0 Å². The highest BCUT2D eigenvalue weighted by molar-refractivity contribution is 9.10. The first-order valence-electron chi connectivity index (χ1n) is 3.55. The van der Waals surface area contributed by atoms with Gasteiger partial charge in [0.25, 0.3) is 5.69 Å². The minimum absolute atomic E-state index is 0.0540. The van der Waals surface area contributed by atoms with Crippen molar-refractivity contribution in [2.45, 2.75) is 6.92 Å². The number of nitro groups is 1. The Bertz CT molecular complexity index is 351. The standard InChI is InChI=1S/C8H8BrNO3/c1-5-7(13-2)4-3-6(8(5)9)10(11)12/h3-4H,1-2H3. The van der Waals surface area contributed by atoms with E-state index >= 15 is 0 Å². The summed E-state index contributed by atoms with van der Waals surface area (Å²) in [7, 11) is 1.53. The van der Waals surface area contributed by atoms with Gasteiger partial charge in [-0.3, -0.25) is 10.1 Å². The number of halogens is 1. The molecule has 0 N–H and O–H groups in total. The summed E-state index contributed by atoms with van der Waals surface area (Å²) < 4.78 is 5.48. The number of benzene rings is 1. The number of hydrogen-bond acceptors (Lipinski definition) is 3. The van der Waals surface area contributed by atoms with Gasteiger partial charge < -0.3 is 4.74 Å². The summed E-state index contributed by atoms with van der Waals surface area (Å²) in [5.74, 6) is 0.637. The summed E-state index contributed by atoms with van der Waals surface area (Å²) in [4.78, 5) is 10.1. The Hall–Kier alpha value is -1.10. The Balaban J connectivity index is 3.31. The molecule has 4 nitrogen and oxygen atoms in total. The average Bonchev–Trinajstić information content (AvgIpc) is 2.09. The molecule has 0 amide bonds. The number of nitrogens with zero attached hydrogens (tertiary/aromatic N) is 1. The second-order valence-corrected chi connectivity index (χ2v) is 3.28. The van der Waals surface area contributed by atoms with Crippen molar-refractivity contribution in [3.63, 3.8) is 0 Å². The highest BCUT2D eigenvalue weighted by Gasteiger charge is 2.15. The monoisotopic (exact) mass is 245 g/mol. The summed E-state index contributed by atoms with van der Waals surface area (Å²) in [6, 6.07) is 2.99. The van der Waals surface area contributed by atoms with Crippen LogP contribution in [0.3, 0.4) is 0 Å². The molecule has 0 spiro atoms. The van der Waals surface area contributed by atoms with E-state index in [1.807, 2.05) is 0 Å². The lowest BCUT2D eigenvalue weighted by atomic mass is 10.2. The summed E-state index contributed by atoms with van der Waals surface area (Å²) in [6.45, 7) is 1.76. The van der Waals surface area contributed by atoms with Gasteiger partial charge in [0.1, 0.15) is 10.2 Å². The normalized spacial score (nSPS) is 9.77. The fourth-order valence-corrected chi connectivity index (χ4v) is 1.49. The van der Waals surface area contributed by atoms with Gasteiger partial charge in [0.15, 0.2) is 0 Å². The highest BCUT2D eigenvalue weighted by atomic mass is 79.9. The van der Waals surface area contributed by atoms with Crippen LogP contribution >= 0.6 is 15.9 Å². The quantitative estimate of drug-likeness (QED) is 0.595. The fraction of sp³-hybridized carbons (Fsp3) is 0.250. The first-order chi connectivity index (χ1) is 6.07. The van der Waals surface area contributed by atoms with Crippen LogP contribution < -0.4 is 4.74 Å². The second-order valence-electron chi connectivity index (χ2n) is 2.48. The molecule has 0 fully saturated rings. The summed E-state index contributed by atoms with van der Waals surface area (Å²) in [5, 5.41) is 10.5. The lowest BCUT2D eigenvalue weighted by molar-refractivity contribution is -0.385. The van der Waals surface area contributed by atoms with Gasteiger partial charge in [0.05, 0.1) is 12.0 Å². The third kappa shape index (κ3) is 1.80. The Morgan fingerprint density at radius 3 is 2.62 bits per heavy atom. The van der Waals surface area contributed by atoms with Crippen molar-refractivity contribution in [1.82, 2.24) is 0 Å². The van der Waals surface area contributed by atoms with Crippen molar-refractivity contribution in [2.75, 3.05) is 7.11 Å². The zero-order valence-electron chi connectivity index (χ0n) is 7.20. The molecule has 0 radical (unpaired) electrons. The van der Waals surface area contributed by atoms with E-state index in [2.05, 4.69) is 15.9 Å². The molecule has 0 heterocycles. The molecule has 0 saturated heterocycles. The number of rotatable bonds is 2. The van der Waals surface area contributed by atoms with Gasteiger partial charge in [0.2, 0.25) is 0 Å². The van der Waals surface area contributed by atoms with Crippen LogP contribution in [0.15, 0.2) is 16.6 Å². The molecule has 0 aliphatic carbocycles. The van der Waals surface area contributed by atoms with Crippen LogP contribution in [-0.4, -0.2) is 12.0 Å². The largest absolute Gasteiger partial charge is 0.496 e.